The molecule has 0 radical (unpaired) electrons. The van der Waals surface area contributed by atoms with E-state index in [1.165, 1.54) is 16.4 Å². The molecule has 0 aliphatic carbocycles. The van der Waals surface area contributed by atoms with Crippen molar-refractivity contribution in [2.24, 2.45) is 5.73 Å². The molecule has 0 aromatic heterocycles. The highest BCUT2D eigenvalue weighted by atomic mass is 32.2. The van der Waals surface area contributed by atoms with Crippen LogP contribution in [0.1, 0.15) is 25.3 Å². The topological polar surface area (TPSA) is 107 Å². The van der Waals surface area contributed by atoms with Crippen LogP contribution in [0.5, 0.6) is 0 Å². The third-order valence-corrected chi connectivity index (χ3v) is 5.74. The van der Waals surface area contributed by atoms with Gasteiger partial charge in [-0.2, -0.15) is 4.31 Å². The van der Waals surface area contributed by atoms with Gasteiger partial charge in [-0.3, -0.25) is 10.1 Å². The lowest BCUT2D eigenvalue weighted by molar-refractivity contribution is -0.385. The maximum absolute atomic E-state index is 12.7. The van der Waals surface area contributed by atoms with Crippen LogP contribution in [0.15, 0.2) is 23.1 Å². The molecule has 0 unspecified atom stereocenters. The van der Waals surface area contributed by atoms with Gasteiger partial charge in [-0.25, -0.2) is 8.42 Å². The molecule has 1 saturated heterocycles. The van der Waals surface area contributed by atoms with E-state index in [0.717, 1.165) is 6.07 Å². The number of hydrogen-bond donors (Lipinski definition) is 1. The Morgan fingerprint density at radius 3 is 2.52 bits per heavy atom. The predicted molar refractivity (Wildman–Crippen MR) is 78.4 cm³/mol. The molecule has 116 valence electrons. The summed E-state index contributed by atoms with van der Waals surface area (Å²) in [7, 11) is -3.71. The zero-order chi connectivity index (χ0) is 15.6. The number of non-ortho nitro benzene ring substituents is 1. The molecule has 1 aromatic carbocycles. The number of nitro groups is 1. The lowest BCUT2D eigenvalue weighted by Gasteiger charge is -2.29. The zero-order valence-electron chi connectivity index (χ0n) is 11.9. The van der Waals surface area contributed by atoms with E-state index in [4.69, 9.17) is 5.73 Å². The van der Waals surface area contributed by atoms with Gasteiger partial charge in [-0.1, -0.05) is 13.0 Å². The van der Waals surface area contributed by atoms with Gasteiger partial charge in [0.05, 0.1) is 9.82 Å². The van der Waals surface area contributed by atoms with Crippen LogP contribution in [0.2, 0.25) is 0 Å². The number of sulfonamides is 1. The molecule has 0 atom stereocenters. The molecule has 1 aliphatic heterocycles. The number of aryl methyl sites for hydroxylation is 1. The second-order valence-corrected chi connectivity index (χ2v) is 7.05. The van der Waals surface area contributed by atoms with Crippen LogP contribution in [-0.2, 0) is 16.4 Å². The summed E-state index contributed by atoms with van der Waals surface area (Å²) in [6.07, 6.45) is 1.71. The predicted octanol–water partition coefficient (Wildman–Crippen LogP) is 1.27. The lowest BCUT2D eigenvalue weighted by Crippen LogP contribution is -2.43. The SMILES string of the molecule is CCc1ccc([N+](=O)[O-])cc1S(=O)(=O)N1CCC(N)CC1. The molecule has 7 nitrogen and oxygen atoms in total. The molecule has 0 spiro atoms. The van der Waals surface area contributed by atoms with Crippen LogP contribution in [0.4, 0.5) is 5.69 Å². The maximum Gasteiger partial charge on any atom is 0.270 e. The van der Waals surface area contributed by atoms with Gasteiger partial charge in [0.15, 0.2) is 0 Å². The summed E-state index contributed by atoms with van der Waals surface area (Å²) in [5.41, 5.74) is 6.17. The van der Waals surface area contributed by atoms with E-state index in [1.54, 1.807) is 0 Å². The molecule has 21 heavy (non-hydrogen) atoms. The van der Waals surface area contributed by atoms with Crippen molar-refractivity contribution < 1.29 is 13.3 Å². The van der Waals surface area contributed by atoms with Crippen molar-refractivity contribution in [1.82, 2.24) is 4.31 Å². The Kier molecular flexibility index (Phi) is 4.60. The van der Waals surface area contributed by atoms with E-state index in [1.807, 2.05) is 6.92 Å². The van der Waals surface area contributed by atoms with Crippen LogP contribution in [0.25, 0.3) is 0 Å². The smallest absolute Gasteiger partial charge is 0.270 e. The molecule has 0 saturated carbocycles. The largest absolute Gasteiger partial charge is 0.328 e. The van der Waals surface area contributed by atoms with Gasteiger partial charge in [0, 0.05) is 31.3 Å². The van der Waals surface area contributed by atoms with E-state index in [2.05, 4.69) is 0 Å². The molecule has 1 aromatic rings. The van der Waals surface area contributed by atoms with Crippen LogP contribution >= 0.6 is 0 Å². The first-order chi connectivity index (χ1) is 9.86. The third-order valence-electron chi connectivity index (χ3n) is 3.76. The summed E-state index contributed by atoms with van der Waals surface area (Å²) in [6, 6.07) is 4.03. The first-order valence-corrected chi connectivity index (χ1v) is 8.33. The van der Waals surface area contributed by atoms with Gasteiger partial charge < -0.3 is 5.73 Å². The first-order valence-electron chi connectivity index (χ1n) is 6.89. The molecule has 0 bridgehead atoms. The standard InChI is InChI=1S/C13H19N3O4S/c1-2-10-3-4-12(16(17)18)9-13(10)21(19,20)15-7-5-11(14)6-8-15/h3-4,9,11H,2,5-8,14H2,1H3. The van der Waals surface area contributed by atoms with E-state index in [-0.39, 0.29) is 16.6 Å². The van der Waals surface area contributed by atoms with E-state index in [0.29, 0.717) is 37.9 Å². The quantitative estimate of drug-likeness (QED) is 0.665. The Bertz CT molecular complexity index is 637. The van der Waals surface area contributed by atoms with Crippen molar-refractivity contribution in [3.63, 3.8) is 0 Å². The molecule has 0 amide bonds. The summed E-state index contributed by atoms with van der Waals surface area (Å²) < 4.78 is 26.8. The van der Waals surface area contributed by atoms with Crippen molar-refractivity contribution in [2.75, 3.05) is 13.1 Å². The molecular formula is C13H19N3O4S. The van der Waals surface area contributed by atoms with Crippen molar-refractivity contribution in [1.29, 1.82) is 0 Å². The molecule has 2 N–H and O–H groups in total. The lowest BCUT2D eigenvalue weighted by atomic mass is 10.1. The fraction of sp³-hybridized carbons (Fsp3) is 0.538. The number of benzene rings is 1. The van der Waals surface area contributed by atoms with Gasteiger partial charge in [0.1, 0.15) is 0 Å². The van der Waals surface area contributed by atoms with Gasteiger partial charge in [-0.05, 0) is 24.8 Å². The second-order valence-electron chi connectivity index (χ2n) is 5.14. The molecule has 1 heterocycles. The minimum Gasteiger partial charge on any atom is -0.328 e. The highest BCUT2D eigenvalue weighted by Crippen LogP contribution is 2.27. The highest BCUT2D eigenvalue weighted by Gasteiger charge is 2.30. The summed E-state index contributed by atoms with van der Waals surface area (Å²) in [5.74, 6) is 0. The second kappa shape index (κ2) is 6.08. The minimum atomic E-state index is -3.71. The number of nitrogens with zero attached hydrogens (tertiary/aromatic N) is 2. The van der Waals surface area contributed by atoms with Crippen LogP contribution < -0.4 is 5.73 Å². The van der Waals surface area contributed by atoms with Crippen molar-refractivity contribution in [2.45, 2.75) is 37.1 Å². The van der Waals surface area contributed by atoms with Crippen molar-refractivity contribution in [3.8, 4) is 0 Å². The summed E-state index contributed by atoms with van der Waals surface area (Å²) >= 11 is 0. The number of piperidine rings is 1. The van der Waals surface area contributed by atoms with E-state index in [9.17, 15) is 18.5 Å². The fourth-order valence-corrected chi connectivity index (χ4v) is 4.23. The van der Waals surface area contributed by atoms with Crippen molar-refractivity contribution in [3.05, 3.63) is 33.9 Å². The monoisotopic (exact) mass is 313 g/mol. The third kappa shape index (κ3) is 3.22. The van der Waals surface area contributed by atoms with Gasteiger partial charge in [0.2, 0.25) is 10.0 Å². The zero-order valence-corrected chi connectivity index (χ0v) is 12.7. The molecule has 1 aliphatic rings. The first kappa shape index (κ1) is 15.9. The van der Waals surface area contributed by atoms with Crippen molar-refractivity contribution >= 4 is 15.7 Å². The van der Waals surface area contributed by atoms with Crippen LogP contribution in [-0.4, -0.2) is 36.8 Å². The van der Waals surface area contributed by atoms with Gasteiger partial charge in [0.25, 0.3) is 5.69 Å². The van der Waals surface area contributed by atoms with Crippen LogP contribution in [0.3, 0.4) is 0 Å². The number of rotatable bonds is 4. The average molecular weight is 313 g/mol. The Morgan fingerprint density at radius 1 is 1.38 bits per heavy atom. The van der Waals surface area contributed by atoms with E-state index < -0.39 is 14.9 Å². The summed E-state index contributed by atoms with van der Waals surface area (Å²) in [4.78, 5) is 10.3. The van der Waals surface area contributed by atoms with Gasteiger partial charge in [-0.15, -0.1) is 0 Å². The summed E-state index contributed by atoms with van der Waals surface area (Å²) in [5, 5.41) is 10.9. The Labute approximate surface area is 123 Å². The van der Waals surface area contributed by atoms with Crippen LogP contribution in [0, 0.1) is 10.1 Å². The maximum atomic E-state index is 12.7. The summed E-state index contributed by atoms with van der Waals surface area (Å²) in [6.45, 7) is 2.54. The number of nitro benzene ring substituents is 1. The Morgan fingerprint density at radius 2 is 2.00 bits per heavy atom. The van der Waals surface area contributed by atoms with E-state index >= 15 is 0 Å². The number of nitrogens with two attached hydrogens (primary N) is 1. The molecule has 1 fully saturated rings. The average Bonchev–Trinajstić information content (AvgIpc) is 2.46. The molecular weight excluding hydrogens is 294 g/mol. The minimum absolute atomic E-state index is 0.0206. The Hall–Kier alpha value is -1.51. The Balaban J connectivity index is 2.43. The fourth-order valence-electron chi connectivity index (χ4n) is 2.44. The molecule has 2 rings (SSSR count). The molecule has 8 heteroatoms. The highest BCUT2D eigenvalue weighted by molar-refractivity contribution is 7.89. The normalized spacial score (nSPS) is 17.8. The van der Waals surface area contributed by atoms with Gasteiger partial charge >= 0.3 is 0 Å². The number of hydrogen-bond acceptors (Lipinski definition) is 5.